The van der Waals surface area contributed by atoms with Crippen LogP contribution in [0.4, 0.5) is 4.39 Å². The Bertz CT molecular complexity index is 743. The van der Waals surface area contributed by atoms with Gasteiger partial charge in [0.25, 0.3) is 0 Å². The lowest BCUT2D eigenvalue weighted by molar-refractivity contribution is -0.137. The number of carbonyl (C=O) groups is 2. The molecular weight excluding hydrogens is 331 g/mol. The van der Waals surface area contributed by atoms with Gasteiger partial charge in [-0.05, 0) is 79.4 Å². The lowest BCUT2D eigenvalue weighted by atomic mass is 9.54. The average molecular weight is 358 g/mol. The van der Waals surface area contributed by atoms with Crippen molar-refractivity contribution in [1.82, 2.24) is 0 Å². The summed E-state index contributed by atoms with van der Waals surface area (Å²) in [6.45, 7) is 2.13. The quantitative estimate of drug-likeness (QED) is 0.846. The van der Waals surface area contributed by atoms with E-state index in [1.165, 1.54) is 0 Å². The predicted octanol–water partition coefficient (Wildman–Crippen LogP) is 4.73. The van der Waals surface area contributed by atoms with Crippen molar-refractivity contribution in [2.45, 2.75) is 64.2 Å². The zero-order valence-corrected chi connectivity index (χ0v) is 15.3. The number of rotatable bonds is 4. The topological polar surface area (TPSA) is 54.4 Å². The second-order valence-corrected chi connectivity index (χ2v) is 8.77. The first-order valence-electron chi connectivity index (χ1n) is 9.94. The van der Waals surface area contributed by atoms with Gasteiger partial charge in [-0.2, -0.15) is 0 Å². The minimum atomic E-state index is -0.763. The molecule has 0 spiro atoms. The Labute approximate surface area is 154 Å². The first-order chi connectivity index (χ1) is 12.4. The molecule has 5 atom stereocenters. The van der Waals surface area contributed by atoms with Crippen LogP contribution in [0.1, 0.15) is 68.9 Å². The predicted molar refractivity (Wildman–Crippen MR) is 96.4 cm³/mol. The van der Waals surface area contributed by atoms with Crippen LogP contribution in [-0.2, 0) is 16.0 Å². The van der Waals surface area contributed by atoms with Crippen molar-refractivity contribution in [3.63, 3.8) is 0 Å². The Morgan fingerprint density at radius 3 is 2.92 bits per heavy atom. The summed E-state index contributed by atoms with van der Waals surface area (Å²) in [5.41, 5.74) is 1.77. The number of ketones is 1. The second-order valence-electron chi connectivity index (χ2n) is 8.77. The maximum atomic E-state index is 14.2. The molecule has 2 saturated carbocycles. The summed E-state index contributed by atoms with van der Waals surface area (Å²) >= 11 is 0. The number of fused-ring (bicyclic) bond motifs is 5. The van der Waals surface area contributed by atoms with Crippen molar-refractivity contribution >= 4 is 11.8 Å². The van der Waals surface area contributed by atoms with Crippen LogP contribution in [0.15, 0.2) is 18.2 Å². The molecule has 0 bridgehead atoms. The highest BCUT2D eigenvalue weighted by Gasteiger charge is 2.58. The van der Waals surface area contributed by atoms with Crippen molar-refractivity contribution in [1.29, 1.82) is 0 Å². The van der Waals surface area contributed by atoms with E-state index >= 15 is 0 Å². The average Bonchev–Trinajstić information content (AvgIpc) is 2.85. The van der Waals surface area contributed by atoms with E-state index in [1.54, 1.807) is 6.07 Å². The van der Waals surface area contributed by atoms with E-state index in [9.17, 15) is 14.0 Å². The number of hydrogen-bond acceptors (Lipinski definition) is 2. The third-order valence-corrected chi connectivity index (χ3v) is 7.53. The van der Waals surface area contributed by atoms with Gasteiger partial charge in [-0.1, -0.05) is 19.1 Å². The molecule has 3 aliphatic rings. The van der Waals surface area contributed by atoms with Crippen molar-refractivity contribution in [2.75, 3.05) is 0 Å². The van der Waals surface area contributed by atoms with Crippen LogP contribution in [0.5, 0.6) is 0 Å². The molecule has 1 N–H and O–H groups in total. The fourth-order valence-corrected chi connectivity index (χ4v) is 6.41. The van der Waals surface area contributed by atoms with Gasteiger partial charge >= 0.3 is 5.97 Å². The highest BCUT2D eigenvalue weighted by molar-refractivity contribution is 5.87. The molecule has 0 unspecified atom stereocenters. The number of Topliss-reactive ketones (excluding diaryl/α,β-unsaturated/α-hetero) is 1. The molecule has 2 fully saturated rings. The minimum Gasteiger partial charge on any atom is -0.481 e. The van der Waals surface area contributed by atoms with Gasteiger partial charge in [0.15, 0.2) is 0 Å². The van der Waals surface area contributed by atoms with Crippen LogP contribution >= 0.6 is 0 Å². The van der Waals surface area contributed by atoms with Gasteiger partial charge in [-0.25, -0.2) is 4.39 Å². The van der Waals surface area contributed by atoms with Crippen LogP contribution in [0.2, 0.25) is 0 Å². The van der Waals surface area contributed by atoms with E-state index in [2.05, 4.69) is 13.0 Å². The number of carboxylic acids is 1. The number of carboxylic acid groups (broad SMARTS) is 1. The zero-order valence-electron chi connectivity index (χ0n) is 15.3. The molecule has 3 nitrogen and oxygen atoms in total. The van der Waals surface area contributed by atoms with Gasteiger partial charge in [0.2, 0.25) is 0 Å². The van der Waals surface area contributed by atoms with E-state index in [4.69, 9.17) is 5.11 Å². The third-order valence-electron chi connectivity index (χ3n) is 7.53. The molecule has 0 aliphatic heterocycles. The maximum Gasteiger partial charge on any atom is 0.303 e. The highest BCUT2D eigenvalue weighted by atomic mass is 19.1. The van der Waals surface area contributed by atoms with Crippen molar-refractivity contribution < 1.29 is 19.1 Å². The van der Waals surface area contributed by atoms with E-state index in [0.717, 1.165) is 43.2 Å². The largest absolute Gasteiger partial charge is 0.481 e. The summed E-state index contributed by atoms with van der Waals surface area (Å²) in [4.78, 5) is 23.7. The first kappa shape index (κ1) is 17.7. The SMILES string of the molecule is C[C@]12CC[C@@H]3c4cccc(F)c4CC[C@H]3[C@@H]1[C@H](CCCC(=O)O)CC2=O. The second kappa shape index (κ2) is 6.47. The standard InChI is InChI=1S/C22H27FO3/c1-22-11-10-15-14-5-3-6-18(23)16(14)8-9-17(15)21(22)13(12-19(22)24)4-2-7-20(25)26/h3,5-6,13,15,17,21H,2,4,7-12H2,1H3,(H,25,26)/t13-,15-,17-,21+,22-/m1/s1. The molecule has 26 heavy (non-hydrogen) atoms. The number of aliphatic carboxylic acids is 1. The van der Waals surface area contributed by atoms with Crippen LogP contribution in [0, 0.1) is 29.0 Å². The number of benzene rings is 1. The molecule has 140 valence electrons. The Hall–Kier alpha value is -1.71. The summed E-state index contributed by atoms with van der Waals surface area (Å²) in [6.07, 6.45) is 5.77. The summed E-state index contributed by atoms with van der Waals surface area (Å²) in [5.74, 6) is 0.889. The smallest absolute Gasteiger partial charge is 0.303 e. The lowest BCUT2D eigenvalue weighted by Gasteiger charge is -2.50. The van der Waals surface area contributed by atoms with Gasteiger partial charge in [-0.3, -0.25) is 9.59 Å². The van der Waals surface area contributed by atoms with Crippen molar-refractivity contribution in [3.05, 3.63) is 35.1 Å². The minimum absolute atomic E-state index is 0.0882. The maximum absolute atomic E-state index is 14.2. The van der Waals surface area contributed by atoms with Crippen molar-refractivity contribution in [3.8, 4) is 0 Å². The molecule has 0 amide bonds. The molecule has 1 aromatic rings. The van der Waals surface area contributed by atoms with Crippen molar-refractivity contribution in [2.24, 2.45) is 23.2 Å². The van der Waals surface area contributed by atoms with Crippen LogP contribution in [0.3, 0.4) is 0 Å². The molecule has 0 radical (unpaired) electrons. The fraction of sp³-hybridized carbons (Fsp3) is 0.636. The fourth-order valence-electron chi connectivity index (χ4n) is 6.41. The van der Waals surface area contributed by atoms with Gasteiger partial charge in [0, 0.05) is 18.3 Å². The Kier molecular flexibility index (Phi) is 4.40. The van der Waals surface area contributed by atoms with E-state index in [-0.39, 0.29) is 23.6 Å². The van der Waals surface area contributed by atoms with Crippen LogP contribution in [0.25, 0.3) is 0 Å². The zero-order chi connectivity index (χ0) is 18.5. The third kappa shape index (κ3) is 2.69. The highest BCUT2D eigenvalue weighted by Crippen LogP contribution is 2.62. The molecule has 0 heterocycles. The molecule has 4 rings (SSSR count). The Morgan fingerprint density at radius 1 is 1.35 bits per heavy atom. The summed E-state index contributed by atoms with van der Waals surface area (Å²) in [6, 6.07) is 5.45. The Balaban J connectivity index is 1.63. The van der Waals surface area contributed by atoms with Gasteiger partial charge in [0.1, 0.15) is 11.6 Å². The number of hydrogen-bond donors (Lipinski definition) is 1. The van der Waals surface area contributed by atoms with Crippen LogP contribution < -0.4 is 0 Å². The van der Waals surface area contributed by atoms with E-state index in [0.29, 0.717) is 36.4 Å². The number of halogens is 1. The summed E-state index contributed by atoms with van der Waals surface area (Å²) in [5, 5.41) is 8.94. The summed E-state index contributed by atoms with van der Waals surface area (Å²) in [7, 11) is 0. The first-order valence-corrected chi connectivity index (χ1v) is 9.94. The van der Waals surface area contributed by atoms with Gasteiger partial charge in [-0.15, -0.1) is 0 Å². The van der Waals surface area contributed by atoms with Gasteiger partial charge in [0.05, 0.1) is 0 Å². The molecule has 0 saturated heterocycles. The molecule has 3 aliphatic carbocycles. The molecule has 0 aromatic heterocycles. The normalized spacial score (nSPS) is 35.5. The summed E-state index contributed by atoms with van der Waals surface area (Å²) < 4.78 is 14.2. The van der Waals surface area contributed by atoms with Gasteiger partial charge < -0.3 is 5.11 Å². The van der Waals surface area contributed by atoms with Crippen LogP contribution in [-0.4, -0.2) is 16.9 Å². The van der Waals surface area contributed by atoms with E-state index in [1.807, 2.05) is 6.07 Å². The molecule has 4 heteroatoms. The molecule has 1 aromatic carbocycles. The number of carbonyl (C=O) groups excluding carboxylic acids is 1. The Morgan fingerprint density at radius 2 is 2.15 bits per heavy atom. The monoisotopic (exact) mass is 358 g/mol. The lowest BCUT2D eigenvalue weighted by Crippen LogP contribution is -2.44. The molecular formula is C22H27FO3. The van der Waals surface area contributed by atoms with E-state index < -0.39 is 5.97 Å².